The van der Waals surface area contributed by atoms with Crippen LogP contribution in [0.3, 0.4) is 0 Å². The van der Waals surface area contributed by atoms with E-state index in [2.05, 4.69) is 0 Å². The minimum absolute atomic E-state index is 0.542. The molecule has 0 saturated heterocycles. The van der Waals surface area contributed by atoms with Gasteiger partial charge in [-0.1, -0.05) is 6.07 Å². The average molecular weight is 152 g/mol. The Labute approximate surface area is 65.6 Å². The summed E-state index contributed by atoms with van der Waals surface area (Å²) < 4.78 is 0. The number of hydrogen-bond donors (Lipinski definition) is 3. The van der Waals surface area contributed by atoms with E-state index in [0.29, 0.717) is 16.9 Å². The van der Waals surface area contributed by atoms with Crippen LogP contribution < -0.4 is 11.5 Å². The molecule has 1 unspecified atom stereocenters. The van der Waals surface area contributed by atoms with E-state index in [-0.39, 0.29) is 0 Å². The molecule has 0 saturated carbocycles. The molecule has 1 rings (SSSR count). The first-order valence-electron chi connectivity index (χ1n) is 3.45. The lowest BCUT2D eigenvalue weighted by atomic mass is 10.1. The molecular formula is C8H12N2O. The van der Waals surface area contributed by atoms with Crippen molar-refractivity contribution in [2.45, 2.75) is 13.0 Å². The summed E-state index contributed by atoms with van der Waals surface area (Å²) in [6, 6.07) is 5.20. The maximum Gasteiger partial charge on any atom is 0.0802 e. The van der Waals surface area contributed by atoms with Gasteiger partial charge in [0.1, 0.15) is 0 Å². The second kappa shape index (κ2) is 2.80. The van der Waals surface area contributed by atoms with Gasteiger partial charge in [0.2, 0.25) is 0 Å². The Morgan fingerprint density at radius 1 is 1.27 bits per heavy atom. The van der Waals surface area contributed by atoms with Crippen molar-refractivity contribution in [1.82, 2.24) is 0 Å². The maximum atomic E-state index is 9.23. The highest BCUT2D eigenvalue weighted by atomic mass is 16.3. The standard InChI is InChI=1S/C8H12N2O/c1-5(11)8-6(9)3-2-4-7(8)10/h2-5,11H,9-10H2,1H3. The summed E-state index contributed by atoms with van der Waals surface area (Å²) >= 11 is 0. The second-order valence-electron chi connectivity index (χ2n) is 2.53. The van der Waals surface area contributed by atoms with E-state index in [4.69, 9.17) is 11.5 Å². The van der Waals surface area contributed by atoms with Gasteiger partial charge in [-0.3, -0.25) is 0 Å². The fraction of sp³-hybridized carbons (Fsp3) is 0.250. The summed E-state index contributed by atoms with van der Waals surface area (Å²) in [7, 11) is 0. The lowest BCUT2D eigenvalue weighted by Crippen LogP contribution is -2.02. The van der Waals surface area contributed by atoms with Crippen molar-refractivity contribution in [3.05, 3.63) is 23.8 Å². The van der Waals surface area contributed by atoms with Gasteiger partial charge in [-0.15, -0.1) is 0 Å². The number of rotatable bonds is 1. The molecule has 5 N–H and O–H groups in total. The molecule has 0 spiro atoms. The van der Waals surface area contributed by atoms with Crippen LogP contribution in [0.5, 0.6) is 0 Å². The fourth-order valence-corrected chi connectivity index (χ4v) is 1.08. The van der Waals surface area contributed by atoms with E-state index in [0.717, 1.165) is 0 Å². The summed E-state index contributed by atoms with van der Waals surface area (Å²) in [4.78, 5) is 0. The molecule has 1 aromatic rings. The lowest BCUT2D eigenvalue weighted by Gasteiger charge is -2.10. The highest BCUT2D eigenvalue weighted by Gasteiger charge is 2.07. The first-order valence-corrected chi connectivity index (χ1v) is 3.45. The Morgan fingerprint density at radius 3 is 2.00 bits per heavy atom. The molecule has 1 atom stereocenters. The zero-order valence-electron chi connectivity index (χ0n) is 6.41. The number of nitrogens with two attached hydrogens (primary N) is 2. The molecule has 11 heavy (non-hydrogen) atoms. The van der Waals surface area contributed by atoms with Gasteiger partial charge in [0.25, 0.3) is 0 Å². The van der Waals surface area contributed by atoms with E-state index in [1.807, 2.05) is 0 Å². The summed E-state index contributed by atoms with van der Waals surface area (Å²) in [5.74, 6) is 0. The third-order valence-electron chi connectivity index (χ3n) is 1.59. The molecule has 0 aromatic heterocycles. The molecule has 0 bridgehead atoms. The van der Waals surface area contributed by atoms with Gasteiger partial charge in [-0.05, 0) is 19.1 Å². The SMILES string of the molecule is CC(O)c1c(N)cccc1N. The third kappa shape index (κ3) is 1.43. The molecule has 0 radical (unpaired) electrons. The zero-order valence-corrected chi connectivity index (χ0v) is 6.41. The summed E-state index contributed by atoms with van der Waals surface area (Å²) in [6.07, 6.45) is -0.601. The van der Waals surface area contributed by atoms with Crippen molar-refractivity contribution in [2.24, 2.45) is 0 Å². The van der Waals surface area contributed by atoms with Crippen molar-refractivity contribution in [2.75, 3.05) is 11.5 Å². The van der Waals surface area contributed by atoms with Gasteiger partial charge in [-0.25, -0.2) is 0 Å². The predicted octanol–water partition coefficient (Wildman–Crippen LogP) is 0.904. The van der Waals surface area contributed by atoms with Crippen LogP contribution in [-0.4, -0.2) is 5.11 Å². The maximum absolute atomic E-state index is 9.23. The van der Waals surface area contributed by atoms with Gasteiger partial charge < -0.3 is 16.6 Å². The number of benzene rings is 1. The Bertz CT molecular complexity index is 238. The van der Waals surface area contributed by atoms with Gasteiger partial charge >= 0.3 is 0 Å². The Balaban J connectivity index is 3.21. The topological polar surface area (TPSA) is 72.3 Å². The molecule has 0 fully saturated rings. The summed E-state index contributed by atoms with van der Waals surface area (Å²) in [6.45, 7) is 1.64. The van der Waals surface area contributed by atoms with Crippen LogP contribution in [0.4, 0.5) is 11.4 Å². The predicted molar refractivity (Wildman–Crippen MR) is 45.9 cm³/mol. The van der Waals surface area contributed by atoms with Crippen molar-refractivity contribution < 1.29 is 5.11 Å². The minimum atomic E-state index is -0.601. The van der Waals surface area contributed by atoms with E-state index >= 15 is 0 Å². The smallest absolute Gasteiger partial charge is 0.0802 e. The normalized spacial score (nSPS) is 12.9. The highest BCUT2D eigenvalue weighted by molar-refractivity contribution is 5.61. The summed E-state index contributed by atoms with van der Waals surface area (Å²) in [5.41, 5.74) is 12.9. The van der Waals surface area contributed by atoms with E-state index in [1.54, 1.807) is 25.1 Å². The number of anilines is 2. The van der Waals surface area contributed by atoms with Gasteiger partial charge in [0.15, 0.2) is 0 Å². The van der Waals surface area contributed by atoms with Crippen molar-refractivity contribution in [3.63, 3.8) is 0 Å². The molecule has 0 aliphatic heterocycles. The molecule has 0 aliphatic carbocycles. The third-order valence-corrected chi connectivity index (χ3v) is 1.59. The van der Waals surface area contributed by atoms with Crippen LogP contribution in [-0.2, 0) is 0 Å². The quantitative estimate of drug-likeness (QED) is 0.523. The van der Waals surface area contributed by atoms with Crippen LogP contribution in [0.15, 0.2) is 18.2 Å². The average Bonchev–Trinajstić information content (AvgIpc) is 1.85. The molecule has 1 aromatic carbocycles. The molecule has 0 amide bonds. The van der Waals surface area contributed by atoms with E-state index < -0.39 is 6.10 Å². The monoisotopic (exact) mass is 152 g/mol. The van der Waals surface area contributed by atoms with Crippen LogP contribution in [0.2, 0.25) is 0 Å². The number of aliphatic hydroxyl groups is 1. The Kier molecular flexibility index (Phi) is 2.01. The van der Waals surface area contributed by atoms with Gasteiger partial charge in [0.05, 0.1) is 6.10 Å². The van der Waals surface area contributed by atoms with Crippen molar-refractivity contribution in [3.8, 4) is 0 Å². The van der Waals surface area contributed by atoms with Crippen LogP contribution in [0.25, 0.3) is 0 Å². The van der Waals surface area contributed by atoms with Crippen molar-refractivity contribution in [1.29, 1.82) is 0 Å². The molecule has 0 aliphatic rings. The van der Waals surface area contributed by atoms with E-state index in [9.17, 15) is 5.11 Å². The van der Waals surface area contributed by atoms with Crippen LogP contribution >= 0.6 is 0 Å². The van der Waals surface area contributed by atoms with Gasteiger partial charge in [-0.2, -0.15) is 0 Å². The number of aliphatic hydroxyl groups excluding tert-OH is 1. The molecule has 3 nitrogen and oxygen atoms in total. The Morgan fingerprint density at radius 2 is 1.73 bits per heavy atom. The van der Waals surface area contributed by atoms with Crippen molar-refractivity contribution >= 4 is 11.4 Å². The molecule has 0 heterocycles. The minimum Gasteiger partial charge on any atom is -0.398 e. The number of nitrogen functional groups attached to an aromatic ring is 2. The number of hydrogen-bond acceptors (Lipinski definition) is 3. The van der Waals surface area contributed by atoms with Gasteiger partial charge in [0, 0.05) is 16.9 Å². The first kappa shape index (κ1) is 7.88. The molecule has 60 valence electrons. The lowest BCUT2D eigenvalue weighted by molar-refractivity contribution is 0.201. The van der Waals surface area contributed by atoms with Crippen LogP contribution in [0.1, 0.15) is 18.6 Å². The first-order chi connectivity index (χ1) is 5.13. The second-order valence-corrected chi connectivity index (χ2v) is 2.53. The van der Waals surface area contributed by atoms with E-state index in [1.165, 1.54) is 0 Å². The molecular weight excluding hydrogens is 140 g/mol. The Hall–Kier alpha value is -1.22. The zero-order chi connectivity index (χ0) is 8.43. The molecule has 3 heteroatoms. The summed E-state index contributed by atoms with van der Waals surface area (Å²) in [5, 5.41) is 9.23. The fourth-order valence-electron chi connectivity index (χ4n) is 1.08. The van der Waals surface area contributed by atoms with Crippen LogP contribution in [0, 0.1) is 0 Å². The largest absolute Gasteiger partial charge is 0.398 e. The highest BCUT2D eigenvalue weighted by Crippen LogP contribution is 2.25.